The molecule has 243 valence electrons. The molecule has 1 aromatic heterocycles. The Morgan fingerprint density at radius 3 is 0.920 bits per heavy atom. The molecule has 0 aliphatic rings. The fourth-order valence-electron chi connectivity index (χ4n) is 6.06. The van der Waals surface area contributed by atoms with Crippen LogP contribution in [0.25, 0.3) is 0 Å². The normalized spacial score (nSPS) is 10.9. The maximum absolute atomic E-state index is 4.76. The third-order valence-electron chi connectivity index (χ3n) is 8.36. The van der Waals surface area contributed by atoms with Gasteiger partial charge in [-0.1, -0.05) is 191 Å². The second-order valence-corrected chi connectivity index (χ2v) is 13.4. The van der Waals surface area contributed by atoms with Crippen LogP contribution in [-0.4, -0.2) is 25.9 Å². The van der Waals surface area contributed by atoms with Gasteiger partial charge in [0.2, 0.25) is 13.4 Å². The Bertz CT molecular complexity index is 1860. The van der Waals surface area contributed by atoms with Crippen LogP contribution in [0.5, 0.6) is 0 Å². The molecule has 8 heteroatoms. The number of halogens is 2. The summed E-state index contributed by atoms with van der Waals surface area (Å²) in [4.78, 5) is 14.1. The second kappa shape index (κ2) is 18.2. The van der Waals surface area contributed by atoms with Crippen molar-refractivity contribution in [3.05, 3.63) is 193 Å². The van der Waals surface area contributed by atoms with Crippen molar-refractivity contribution in [1.29, 1.82) is 0 Å². The van der Waals surface area contributed by atoms with Gasteiger partial charge >= 0.3 is 33.3 Å². The average Bonchev–Trinajstić information content (AvgIpc) is 3.64. The molecule has 0 saturated heterocycles. The molecule has 0 spiro atoms. The second-order valence-electron chi connectivity index (χ2n) is 11.6. The topological polar surface area (TPSA) is 38.8 Å². The molecule has 0 aliphatic heterocycles. The zero-order valence-electron chi connectivity index (χ0n) is 27.1. The van der Waals surface area contributed by atoms with E-state index in [-0.39, 0.29) is 26.6 Å². The van der Waals surface area contributed by atoms with E-state index in [2.05, 4.69) is 170 Å². The number of nitrogens with zero attached hydrogens (tertiary/aromatic N) is 3. The van der Waals surface area contributed by atoms with Gasteiger partial charge < -0.3 is 4.98 Å². The molecule has 0 bridgehead atoms. The zero-order valence-corrected chi connectivity index (χ0v) is 29.7. The van der Waals surface area contributed by atoms with Crippen molar-refractivity contribution in [2.24, 2.45) is 9.98 Å². The maximum atomic E-state index is 4.76. The van der Waals surface area contributed by atoms with Gasteiger partial charge in [-0.15, -0.1) is 11.4 Å². The van der Waals surface area contributed by atoms with Crippen molar-refractivity contribution in [1.82, 2.24) is 4.98 Å². The summed E-state index contributed by atoms with van der Waals surface area (Å²) in [5, 5.41) is 0. The van der Waals surface area contributed by atoms with Crippen molar-refractivity contribution in [2.75, 3.05) is 0 Å². The van der Waals surface area contributed by atoms with E-state index in [9.17, 15) is 0 Å². The van der Waals surface area contributed by atoms with Gasteiger partial charge in [-0.3, -0.25) is 9.98 Å². The van der Waals surface area contributed by atoms with Gasteiger partial charge in [-0.2, -0.15) is 0 Å². The van der Waals surface area contributed by atoms with E-state index in [1.54, 1.807) is 12.4 Å². The van der Waals surface area contributed by atoms with Crippen LogP contribution in [0.3, 0.4) is 0 Å². The number of hydrogen-bond donors (Lipinski definition) is 0. The first-order chi connectivity index (χ1) is 24.7. The first-order valence-electron chi connectivity index (χ1n) is 16.2. The quantitative estimate of drug-likeness (QED) is 0.116. The molecular formula is C42H32B2Cl2FeN3. The minimum atomic E-state index is 0.166. The van der Waals surface area contributed by atoms with E-state index in [1.165, 1.54) is 32.8 Å². The van der Waals surface area contributed by atoms with Crippen molar-refractivity contribution < 1.29 is 13.1 Å². The van der Waals surface area contributed by atoms with E-state index in [1.807, 2.05) is 12.1 Å². The van der Waals surface area contributed by atoms with Crippen LogP contribution in [0.1, 0.15) is 11.4 Å². The molecule has 0 N–H and O–H groups in total. The van der Waals surface area contributed by atoms with Crippen molar-refractivity contribution in [3.8, 4) is 0 Å². The summed E-state index contributed by atoms with van der Waals surface area (Å²) in [6, 6.07) is 63.4. The van der Waals surface area contributed by atoms with Crippen LogP contribution in [0, 0.1) is 0 Å². The standard InChI is InChI=1S/C42H32B2N3.2ClH.Fe/c1-5-13-33(14-6-1)43(34-15-7-2-8-16-34)37-21-25-39(26-22-37)45-31-41-29-30-42(47-41)32-46-40-27-23-38(24-28-40)44(35-17-9-3-10-18-35)36-19-11-4-12-20-36;;;/h1-32H;2*1H;/q-1;;;+3/p-2. The molecule has 0 saturated carbocycles. The van der Waals surface area contributed by atoms with Crippen LogP contribution in [-0.2, 0) is 13.1 Å². The summed E-state index contributed by atoms with van der Waals surface area (Å²) in [6.07, 6.45) is 3.61. The van der Waals surface area contributed by atoms with Gasteiger partial charge in [0.05, 0.1) is 11.4 Å². The first kappa shape index (κ1) is 35.0. The Labute approximate surface area is 309 Å². The van der Waals surface area contributed by atoms with E-state index in [0.717, 1.165) is 22.8 Å². The van der Waals surface area contributed by atoms with E-state index < -0.39 is 0 Å². The van der Waals surface area contributed by atoms with Crippen LogP contribution < -0.4 is 37.8 Å². The molecule has 0 amide bonds. The molecule has 50 heavy (non-hydrogen) atoms. The Morgan fingerprint density at radius 1 is 0.380 bits per heavy atom. The molecule has 0 aliphatic carbocycles. The molecule has 0 fully saturated rings. The molecule has 7 aromatic rings. The Hall–Kier alpha value is -4.83. The molecular weight excluding hydrogens is 695 g/mol. The predicted octanol–water partition coefficient (Wildman–Crippen LogP) is 6.55. The van der Waals surface area contributed by atoms with E-state index in [0.29, 0.717) is 0 Å². The summed E-state index contributed by atoms with van der Waals surface area (Å²) >= 11 is 0.194. The van der Waals surface area contributed by atoms with Gasteiger partial charge in [0.25, 0.3) is 0 Å². The summed E-state index contributed by atoms with van der Waals surface area (Å²) < 4.78 is 0. The molecule has 7 rings (SSSR count). The van der Waals surface area contributed by atoms with Crippen LogP contribution in [0.2, 0.25) is 0 Å². The number of hydrogen-bond acceptors (Lipinski definition) is 2. The zero-order chi connectivity index (χ0) is 34.4. The molecule has 6 aromatic carbocycles. The third kappa shape index (κ3) is 9.44. The van der Waals surface area contributed by atoms with Crippen LogP contribution >= 0.6 is 20.2 Å². The molecule has 1 heterocycles. The third-order valence-corrected chi connectivity index (χ3v) is 8.36. The Morgan fingerprint density at radius 2 is 0.640 bits per heavy atom. The van der Waals surface area contributed by atoms with Crippen LogP contribution in [0.15, 0.2) is 192 Å². The van der Waals surface area contributed by atoms with Crippen molar-refractivity contribution in [2.45, 2.75) is 0 Å². The molecule has 3 nitrogen and oxygen atoms in total. The van der Waals surface area contributed by atoms with Crippen molar-refractivity contribution in [3.63, 3.8) is 0 Å². The SMILES string of the molecule is C(=Nc1ccc(B(c2ccccc2)c2ccccc2)cc1)c1ccc(C=Nc2ccc(B(c3ccccc3)c3ccccc3)cc2)[n-]1.[Cl][Fe+][Cl]. The number of aromatic nitrogens is 1. The van der Waals surface area contributed by atoms with E-state index >= 15 is 0 Å². The molecule has 0 unspecified atom stereocenters. The Kier molecular flexibility index (Phi) is 12.8. The fourth-order valence-corrected chi connectivity index (χ4v) is 6.06. The number of rotatable bonds is 10. The van der Waals surface area contributed by atoms with Crippen LogP contribution in [0.4, 0.5) is 11.4 Å². The van der Waals surface area contributed by atoms with Gasteiger partial charge in [0, 0.05) is 12.4 Å². The Balaban J connectivity index is 0.00000139. The van der Waals surface area contributed by atoms with Gasteiger partial charge in [-0.25, -0.2) is 0 Å². The van der Waals surface area contributed by atoms with Gasteiger partial charge in [-0.05, 0) is 24.3 Å². The summed E-state index contributed by atoms with van der Waals surface area (Å²) in [5.41, 5.74) is 10.9. The van der Waals surface area contributed by atoms with E-state index in [4.69, 9.17) is 35.2 Å². The molecule has 0 atom stereocenters. The van der Waals surface area contributed by atoms with Gasteiger partial charge in [0.1, 0.15) is 0 Å². The minimum absolute atomic E-state index is 0.166. The number of aliphatic imine (C=N–C) groups is 2. The summed E-state index contributed by atoms with van der Waals surface area (Å²) in [5.74, 6) is 0. The van der Waals surface area contributed by atoms with Gasteiger partial charge in [0.15, 0.2) is 0 Å². The average molecular weight is 727 g/mol. The predicted molar refractivity (Wildman–Crippen MR) is 214 cm³/mol. The molecule has 0 radical (unpaired) electrons. The fraction of sp³-hybridized carbons (Fsp3) is 0. The summed E-state index contributed by atoms with van der Waals surface area (Å²) in [6.45, 7) is 0.332. The monoisotopic (exact) mass is 726 g/mol. The van der Waals surface area contributed by atoms with Crippen molar-refractivity contribution >= 4 is 90.2 Å². The number of benzene rings is 6. The first-order valence-corrected chi connectivity index (χ1v) is 19.2. The summed E-state index contributed by atoms with van der Waals surface area (Å²) in [7, 11) is 9.53.